The van der Waals surface area contributed by atoms with Gasteiger partial charge in [-0.2, -0.15) is 0 Å². The van der Waals surface area contributed by atoms with Gasteiger partial charge in [-0.15, -0.1) is 0 Å². The molecule has 0 saturated heterocycles. The second-order valence-corrected chi connectivity index (χ2v) is 6.17. The van der Waals surface area contributed by atoms with Crippen LogP contribution in [0.15, 0.2) is 27.6 Å². The third-order valence-electron chi connectivity index (χ3n) is 1.81. The molecule has 0 fully saturated rings. The van der Waals surface area contributed by atoms with Crippen molar-refractivity contribution in [1.29, 1.82) is 0 Å². The highest BCUT2D eigenvalue weighted by atomic mass is 79.9. The molecular weight excluding hydrogens is 334 g/mol. The highest BCUT2D eigenvalue weighted by Gasteiger charge is 2.17. The van der Waals surface area contributed by atoms with E-state index in [4.69, 9.17) is 16.7 Å². The average molecular weight is 343 g/mol. The summed E-state index contributed by atoms with van der Waals surface area (Å²) in [6.07, 6.45) is -0.284. The Balaban J connectivity index is 2.86. The summed E-state index contributed by atoms with van der Waals surface area (Å²) in [5, 5.41) is 8.48. The van der Waals surface area contributed by atoms with Crippen molar-refractivity contribution in [2.45, 2.75) is 11.3 Å². The van der Waals surface area contributed by atoms with Crippen LogP contribution in [0, 0.1) is 0 Å². The fourth-order valence-corrected chi connectivity index (χ4v) is 3.13. The number of benzene rings is 1. The Kier molecular flexibility index (Phi) is 4.93. The molecule has 0 spiro atoms. The van der Waals surface area contributed by atoms with Crippen molar-refractivity contribution in [3.8, 4) is 0 Å². The maximum absolute atomic E-state index is 11.7. The average Bonchev–Trinajstić information content (AvgIpc) is 2.15. The van der Waals surface area contributed by atoms with Crippen LogP contribution in [0.25, 0.3) is 0 Å². The smallest absolute Gasteiger partial charge is 0.304 e. The number of nitrogens with one attached hydrogen (secondary N) is 1. The van der Waals surface area contributed by atoms with Gasteiger partial charge < -0.3 is 5.11 Å². The van der Waals surface area contributed by atoms with Gasteiger partial charge in [0.2, 0.25) is 10.0 Å². The fraction of sp³-hybridized carbons (Fsp3) is 0.222. The maximum atomic E-state index is 11.7. The summed E-state index contributed by atoms with van der Waals surface area (Å²) >= 11 is 8.95. The minimum Gasteiger partial charge on any atom is -0.481 e. The van der Waals surface area contributed by atoms with Crippen LogP contribution in [-0.2, 0) is 14.8 Å². The fourth-order valence-electron chi connectivity index (χ4n) is 1.06. The van der Waals surface area contributed by atoms with E-state index in [2.05, 4.69) is 20.7 Å². The number of hydrogen-bond donors (Lipinski definition) is 2. The van der Waals surface area contributed by atoms with Crippen LogP contribution in [0.2, 0.25) is 5.02 Å². The summed E-state index contributed by atoms with van der Waals surface area (Å²) < 4.78 is 26.3. The molecule has 1 aromatic carbocycles. The molecule has 0 radical (unpaired) electrons. The molecule has 0 unspecified atom stereocenters. The molecule has 1 rings (SSSR count). The molecule has 0 heterocycles. The summed E-state index contributed by atoms with van der Waals surface area (Å²) in [4.78, 5) is 10.2. The van der Waals surface area contributed by atoms with Crippen LogP contribution in [0.4, 0.5) is 0 Å². The molecule has 0 atom stereocenters. The molecule has 1 aromatic rings. The largest absolute Gasteiger partial charge is 0.481 e. The van der Waals surface area contributed by atoms with Crippen LogP contribution in [0.3, 0.4) is 0 Å². The second-order valence-electron chi connectivity index (χ2n) is 3.12. The van der Waals surface area contributed by atoms with E-state index in [1.165, 1.54) is 18.2 Å². The van der Waals surface area contributed by atoms with Crippen LogP contribution < -0.4 is 4.72 Å². The third kappa shape index (κ3) is 4.27. The Labute approximate surface area is 112 Å². The minimum atomic E-state index is -3.77. The van der Waals surface area contributed by atoms with Crippen molar-refractivity contribution in [1.82, 2.24) is 4.72 Å². The Morgan fingerprint density at radius 3 is 2.65 bits per heavy atom. The molecule has 2 N–H and O–H groups in total. The molecule has 8 heteroatoms. The van der Waals surface area contributed by atoms with Gasteiger partial charge in [-0.25, -0.2) is 13.1 Å². The van der Waals surface area contributed by atoms with Crippen LogP contribution in [-0.4, -0.2) is 26.0 Å². The lowest BCUT2D eigenvalue weighted by atomic mass is 10.4. The Morgan fingerprint density at radius 1 is 1.47 bits per heavy atom. The van der Waals surface area contributed by atoms with E-state index in [-0.39, 0.29) is 22.9 Å². The van der Waals surface area contributed by atoms with Gasteiger partial charge in [0.25, 0.3) is 0 Å². The van der Waals surface area contributed by atoms with E-state index in [9.17, 15) is 13.2 Å². The van der Waals surface area contributed by atoms with Crippen LogP contribution in [0.1, 0.15) is 6.42 Å². The molecular formula is C9H9BrClNO4S. The first kappa shape index (κ1) is 14.4. The number of aliphatic carboxylic acids is 1. The quantitative estimate of drug-likeness (QED) is 0.855. The molecule has 0 aromatic heterocycles. The van der Waals surface area contributed by atoms with Crippen molar-refractivity contribution < 1.29 is 18.3 Å². The summed E-state index contributed by atoms with van der Waals surface area (Å²) in [6.45, 7) is -0.177. The number of hydrogen-bond acceptors (Lipinski definition) is 3. The Morgan fingerprint density at radius 2 is 2.12 bits per heavy atom. The van der Waals surface area contributed by atoms with Gasteiger partial charge in [0.15, 0.2) is 0 Å². The summed E-state index contributed by atoms with van der Waals surface area (Å²) in [5.74, 6) is -1.07. The summed E-state index contributed by atoms with van der Waals surface area (Å²) in [7, 11) is -3.77. The molecule has 0 amide bonds. The highest BCUT2D eigenvalue weighted by Crippen LogP contribution is 2.24. The topological polar surface area (TPSA) is 83.5 Å². The molecule has 17 heavy (non-hydrogen) atoms. The van der Waals surface area contributed by atoms with Gasteiger partial charge >= 0.3 is 5.97 Å². The van der Waals surface area contributed by atoms with Gasteiger partial charge in [-0.1, -0.05) is 27.5 Å². The molecule has 0 aliphatic carbocycles. The van der Waals surface area contributed by atoms with Gasteiger partial charge in [-0.05, 0) is 18.2 Å². The van der Waals surface area contributed by atoms with Crippen molar-refractivity contribution in [3.63, 3.8) is 0 Å². The molecule has 0 saturated carbocycles. The van der Waals surface area contributed by atoms with E-state index in [1.807, 2.05) is 0 Å². The number of rotatable bonds is 5. The second kappa shape index (κ2) is 5.81. The number of carboxylic acids is 1. The van der Waals surface area contributed by atoms with E-state index >= 15 is 0 Å². The van der Waals surface area contributed by atoms with Gasteiger partial charge in [0, 0.05) is 11.0 Å². The van der Waals surface area contributed by atoms with E-state index in [0.717, 1.165) is 0 Å². The normalized spacial score (nSPS) is 11.4. The molecule has 0 aliphatic rings. The first-order valence-corrected chi connectivity index (χ1v) is 7.15. The molecule has 94 valence electrons. The number of halogens is 2. The van der Waals surface area contributed by atoms with Crippen molar-refractivity contribution in [2.75, 3.05) is 6.54 Å². The van der Waals surface area contributed by atoms with Crippen LogP contribution in [0.5, 0.6) is 0 Å². The standard InChI is InChI=1S/C9H9BrClNO4S/c10-6-1-2-8(7(11)5-6)17(15,16)12-4-3-9(13)14/h1-2,5,12H,3-4H2,(H,13,14). The van der Waals surface area contributed by atoms with Gasteiger partial charge in [-0.3, -0.25) is 4.79 Å². The summed E-state index contributed by atoms with van der Waals surface area (Å²) in [5.41, 5.74) is 0. The lowest BCUT2D eigenvalue weighted by molar-refractivity contribution is -0.136. The van der Waals surface area contributed by atoms with Crippen molar-refractivity contribution >= 4 is 43.5 Å². The molecule has 5 nitrogen and oxygen atoms in total. The van der Waals surface area contributed by atoms with E-state index < -0.39 is 16.0 Å². The first-order chi connectivity index (χ1) is 7.83. The predicted molar refractivity (Wildman–Crippen MR) is 66.6 cm³/mol. The number of sulfonamides is 1. The monoisotopic (exact) mass is 341 g/mol. The Bertz CT molecular complexity index is 532. The minimum absolute atomic E-state index is 0.0715. The zero-order chi connectivity index (χ0) is 13.1. The lowest BCUT2D eigenvalue weighted by Gasteiger charge is -2.07. The van der Waals surface area contributed by atoms with E-state index in [0.29, 0.717) is 4.47 Å². The maximum Gasteiger partial charge on any atom is 0.304 e. The summed E-state index contributed by atoms with van der Waals surface area (Å²) in [6, 6.07) is 4.33. The van der Waals surface area contributed by atoms with Crippen LogP contribution >= 0.6 is 27.5 Å². The lowest BCUT2D eigenvalue weighted by Crippen LogP contribution is -2.26. The van der Waals surface area contributed by atoms with Crippen molar-refractivity contribution in [2.24, 2.45) is 0 Å². The number of carboxylic acid groups (broad SMARTS) is 1. The number of carbonyl (C=O) groups is 1. The molecule has 0 aliphatic heterocycles. The predicted octanol–water partition coefficient (Wildman–Crippen LogP) is 1.86. The highest BCUT2D eigenvalue weighted by molar-refractivity contribution is 9.10. The van der Waals surface area contributed by atoms with Gasteiger partial charge in [0.05, 0.1) is 11.4 Å². The zero-order valence-corrected chi connectivity index (χ0v) is 11.6. The van der Waals surface area contributed by atoms with E-state index in [1.54, 1.807) is 0 Å². The molecule has 0 bridgehead atoms. The Hall–Kier alpha value is -0.630. The van der Waals surface area contributed by atoms with Gasteiger partial charge in [0.1, 0.15) is 4.90 Å². The van der Waals surface area contributed by atoms with Crippen molar-refractivity contribution in [3.05, 3.63) is 27.7 Å². The third-order valence-corrected chi connectivity index (χ3v) is 4.25. The SMILES string of the molecule is O=C(O)CCNS(=O)(=O)c1ccc(Br)cc1Cl. The first-order valence-electron chi connectivity index (χ1n) is 4.49. The zero-order valence-electron chi connectivity index (χ0n) is 8.48.